The number of fused-ring (bicyclic) bond motifs is 3. The monoisotopic (exact) mass is 1890 g/mol. The summed E-state index contributed by atoms with van der Waals surface area (Å²) in [7, 11) is 0. The minimum Gasteiger partial charge on any atom is -0.445 e. The number of likely N-dealkylation sites (tertiary alicyclic amines) is 1. The van der Waals surface area contributed by atoms with Crippen LogP contribution in [0.15, 0.2) is 174 Å². The van der Waals surface area contributed by atoms with Crippen LogP contribution in [0.2, 0.25) is 0 Å². The number of alkyl carbamates (subject to hydrolysis) is 6. The number of benzene rings is 7. The topological polar surface area (TPSA) is 379 Å². The maximum atomic E-state index is 12.4. The summed E-state index contributed by atoms with van der Waals surface area (Å²) in [5.74, 6) is 7.18. The van der Waals surface area contributed by atoms with Crippen LogP contribution in [0.5, 0.6) is 0 Å². The molecule has 0 radical (unpaired) electrons. The Morgan fingerprint density at radius 3 is 1.06 bits per heavy atom. The first kappa shape index (κ1) is 99.1. The van der Waals surface area contributed by atoms with Gasteiger partial charge in [-0.05, 0) is 273 Å². The van der Waals surface area contributed by atoms with Crippen molar-refractivity contribution >= 4 is 88.3 Å². The number of nitrogens with one attached hydrogen (secondary N) is 6. The molecule has 6 bridgehead atoms. The van der Waals surface area contributed by atoms with Crippen LogP contribution in [0.25, 0.3) is 22.6 Å². The fourth-order valence-corrected chi connectivity index (χ4v) is 21.3. The average Bonchev–Trinajstić information content (AvgIpc) is 1.41. The predicted molar refractivity (Wildman–Crippen MR) is 517 cm³/mol. The smallest absolute Gasteiger partial charge is 0.408 e. The Labute approximate surface area is 811 Å². The minimum atomic E-state index is -0.582. The van der Waals surface area contributed by atoms with Crippen LogP contribution in [-0.4, -0.2) is 136 Å². The number of hydrogen-bond donors (Lipinski definition) is 6. The first-order valence-electron chi connectivity index (χ1n) is 50.1. The van der Waals surface area contributed by atoms with Gasteiger partial charge in [0.2, 0.25) is 5.89 Å². The summed E-state index contributed by atoms with van der Waals surface area (Å²) in [6, 6.07) is 53.6. The van der Waals surface area contributed by atoms with Gasteiger partial charge in [-0.3, -0.25) is 33.6 Å². The molecule has 7 aromatic carbocycles. The van der Waals surface area contributed by atoms with E-state index in [0.29, 0.717) is 80.6 Å². The SMILES string of the molecule is CC(C)(C)c1ccc(COC(=O)N[C@H]2CCC2=O)cc1.O=C(N[C@H]1CCC1=O)OCc1ccc(-c2nc3ccccc3o2)cc1.O=C(N[C@H]1CCC1=O)OCc1ccc(C(=O)N2CCCCC2)cc1.O=C(N[C@H]1CCC1=O)OCc1ccc(C23CC4CC(CC(C4)C2)C3)cc1.O=C(N[C@H]1CCC1=O)OCc1ccc(C2CC3CCC2C3)cc1.O=C(N[C@H]1CCC1=O)OCc1ccc(C2CCCC2)cc1. The summed E-state index contributed by atoms with van der Waals surface area (Å²) >= 11 is 0. The average molecular weight is 1900 g/mol. The zero-order valence-corrected chi connectivity index (χ0v) is 79.9. The second-order valence-corrected chi connectivity index (χ2v) is 41.0. The molecule has 28 heteroatoms. The number of carbonyl (C=O) groups excluding carboxylic acids is 13. The highest BCUT2D eigenvalue weighted by molar-refractivity contribution is 5.96. The third kappa shape index (κ3) is 27.0. The van der Waals surface area contributed by atoms with Gasteiger partial charge < -0.3 is 69.6 Å². The van der Waals surface area contributed by atoms with Crippen molar-refractivity contribution < 1.29 is 95.2 Å². The molecule has 734 valence electrons. The highest BCUT2D eigenvalue weighted by atomic mass is 16.6. The number of ketones is 6. The lowest BCUT2D eigenvalue weighted by Gasteiger charge is -2.57. The summed E-state index contributed by atoms with van der Waals surface area (Å²) in [5.41, 5.74) is 14.7. The second kappa shape index (κ2) is 46.3. The molecule has 1 aliphatic heterocycles. The molecule has 3 unspecified atom stereocenters. The van der Waals surface area contributed by atoms with Crippen molar-refractivity contribution in [3.63, 3.8) is 0 Å². The number of ether oxygens (including phenoxy) is 6. The van der Waals surface area contributed by atoms with Crippen LogP contribution in [0.4, 0.5) is 28.8 Å². The quantitative estimate of drug-likeness (QED) is 0.0324. The Morgan fingerprint density at radius 2 is 0.719 bits per heavy atom. The van der Waals surface area contributed by atoms with Gasteiger partial charge in [0.05, 0.1) is 36.3 Å². The number of piperidine rings is 1. The summed E-state index contributed by atoms with van der Waals surface area (Å²) in [6.45, 7) is 9.34. The molecule has 1 aromatic heterocycles. The van der Waals surface area contributed by atoms with Crippen molar-refractivity contribution in [3.8, 4) is 11.5 Å². The lowest BCUT2D eigenvalue weighted by atomic mass is 9.48. The van der Waals surface area contributed by atoms with E-state index in [1.165, 1.54) is 119 Å². The van der Waals surface area contributed by atoms with E-state index in [2.05, 4.69) is 118 Å². The molecule has 6 N–H and O–H groups in total. The van der Waals surface area contributed by atoms with Crippen LogP contribution < -0.4 is 31.9 Å². The molecular weight excluding hydrogens is 1770 g/mol. The lowest BCUT2D eigenvalue weighted by Crippen LogP contribution is -2.48. The first-order chi connectivity index (χ1) is 67.2. The molecule has 14 aliphatic rings. The molecule has 7 amide bonds. The van der Waals surface area contributed by atoms with E-state index in [-0.39, 0.29) is 122 Å². The minimum absolute atomic E-state index is 0.0486. The normalized spacial score (nSPS) is 24.6. The van der Waals surface area contributed by atoms with Gasteiger partial charge in [-0.1, -0.05) is 173 Å². The molecule has 2 heterocycles. The molecule has 13 saturated carbocycles. The van der Waals surface area contributed by atoms with Gasteiger partial charge in [0.1, 0.15) is 45.2 Å². The highest BCUT2D eigenvalue weighted by Crippen LogP contribution is 2.61. The Bertz CT molecular complexity index is 5610. The standard InChI is InChI=1S/C22H27NO3.C19H16N2O4.C19H23NO3.C18H22N2O4.C17H21NO3.C16H21NO3/c24-20-6-5-19(20)23-21(25)26-13-14-1-3-18(4-2-14)22-10-15-7-16(11-22)9-17(8-15)12-22;22-16-10-9-14(16)21-19(23)24-11-12-5-7-13(8-6-12)18-20-15-3-1-2-4-17(15)25-18;21-18-8-7-17(18)20-19(22)23-11-12-1-4-14(5-2-12)16-10-13-3-6-15(16)9-13;21-16-9-8-15(16)19-18(23)24-12-13-4-6-14(7-5-13)17(22)20-10-2-1-3-11-20;19-16-10-9-15(16)18-17(20)21-11-12-5-7-14(8-6-12)13-3-1-2-4-13;1-16(2,3)12-6-4-11(5-7-12)10-20-15(19)17-13-8-9-14(13)18/h1-4,15-17,19H,5-13H2,(H,23,25);1-8,14H,9-11H2,(H,21,23);1-2,4-5,13,15-17H,3,6-11H2,(H,20,22);4-7,15H,1-3,8-12H2,(H,19,23);5-8,13,15H,1-4,9-11H2,(H,18,20);4-7,13H,8-10H2,1-3H3,(H,17,19)/t15?,16?,17?,19-,22?;14-;13?,15?,16?,17-;2*15-;13-/m000000/s1. The van der Waals surface area contributed by atoms with Crippen molar-refractivity contribution in [2.75, 3.05) is 13.1 Å². The summed E-state index contributed by atoms with van der Waals surface area (Å²) in [6.07, 6.45) is 27.0. The van der Waals surface area contributed by atoms with Gasteiger partial charge in [-0.2, -0.15) is 0 Å². The van der Waals surface area contributed by atoms with Crippen molar-refractivity contribution in [3.05, 3.63) is 231 Å². The van der Waals surface area contributed by atoms with E-state index >= 15 is 0 Å². The fraction of sp³-hybridized carbons (Fsp3) is 0.495. The van der Waals surface area contributed by atoms with Crippen LogP contribution in [0, 0.1) is 29.6 Å². The zero-order chi connectivity index (χ0) is 97.1. The molecule has 8 aromatic rings. The van der Waals surface area contributed by atoms with E-state index in [1.807, 2.05) is 89.8 Å². The van der Waals surface area contributed by atoms with Gasteiger partial charge in [0.15, 0.2) is 40.3 Å². The Morgan fingerprint density at radius 1 is 0.367 bits per heavy atom. The van der Waals surface area contributed by atoms with E-state index in [1.54, 1.807) is 24.3 Å². The number of rotatable bonds is 23. The number of para-hydroxylation sites is 2. The molecular formula is C111H130N8O20. The summed E-state index contributed by atoms with van der Waals surface area (Å²) in [4.78, 5) is 155. The van der Waals surface area contributed by atoms with Crippen molar-refractivity contribution in [2.45, 2.75) is 306 Å². The van der Waals surface area contributed by atoms with Crippen molar-refractivity contribution in [2.24, 2.45) is 29.6 Å². The number of hydrogen-bond acceptors (Lipinski definition) is 21. The van der Waals surface area contributed by atoms with E-state index in [4.69, 9.17) is 32.8 Å². The van der Waals surface area contributed by atoms with Gasteiger partial charge in [-0.15, -0.1) is 0 Å². The third-order valence-electron chi connectivity index (χ3n) is 30.1. The third-order valence-corrected chi connectivity index (χ3v) is 30.1. The summed E-state index contributed by atoms with van der Waals surface area (Å²) < 4.78 is 36.7. The second-order valence-electron chi connectivity index (χ2n) is 41.0. The van der Waals surface area contributed by atoms with Crippen LogP contribution in [0.1, 0.15) is 285 Å². The van der Waals surface area contributed by atoms with E-state index in [9.17, 15) is 62.3 Å². The maximum Gasteiger partial charge on any atom is 0.408 e. The molecule has 28 nitrogen and oxygen atoms in total. The molecule has 0 spiro atoms. The number of Topliss-reactive ketones (excluding diaryl/α,β-unsaturated/α-hetero) is 6. The van der Waals surface area contributed by atoms with Crippen LogP contribution in [-0.2, 0) is 108 Å². The molecule has 13 aliphatic carbocycles. The molecule has 9 atom stereocenters. The van der Waals surface area contributed by atoms with Gasteiger partial charge >= 0.3 is 36.6 Å². The largest absolute Gasteiger partial charge is 0.445 e. The molecule has 139 heavy (non-hydrogen) atoms. The number of amides is 7. The highest BCUT2D eigenvalue weighted by Gasteiger charge is 2.52. The Balaban J connectivity index is 0.000000121. The first-order valence-corrected chi connectivity index (χ1v) is 50.1. The Kier molecular flexibility index (Phi) is 33.0. The summed E-state index contributed by atoms with van der Waals surface area (Å²) in [5, 5.41) is 15.5. The van der Waals surface area contributed by atoms with Crippen molar-refractivity contribution in [1.29, 1.82) is 0 Å². The van der Waals surface area contributed by atoms with Gasteiger partial charge in [-0.25, -0.2) is 33.8 Å². The lowest BCUT2D eigenvalue weighted by molar-refractivity contribution is -0.127. The van der Waals surface area contributed by atoms with E-state index in [0.717, 1.165) is 131 Å². The van der Waals surface area contributed by atoms with Crippen LogP contribution in [0.3, 0.4) is 0 Å². The predicted octanol–water partition coefficient (Wildman–Crippen LogP) is 19.6. The number of carbonyl (C=O) groups is 13. The van der Waals surface area contributed by atoms with Crippen molar-refractivity contribution in [1.82, 2.24) is 41.8 Å². The molecule has 14 fully saturated rings. The zero-order valence-electron chi connectivity index (χ0n) is 79.9. The number of nitrogens with zero attached hydrogens (tertiary/aromatic N) is 2. The number of aromatic nitrogens is 1. The fourth-order valence-electron chi connectivity index (χ4n) is 21.3. The van der Waals surface area contributed by atoms with E-state index < -0.39 is 36.6 Å². The van der Waals surface area contributed by atoms with Gasteiger partial charge in [0, 0.05) is 62.7 Å². The number of oxazole rings is 1. The molecule has 22 rings (SSSR count). The maximum absolute atomic E-state index is 12.4. The Hall–Kier alpha value is -12.9. The van der Waals surface area contributed by atoms with Crippen LogP contribution >= 0.6 is 0 Å². The van der Waals surface area contributed by atoms with Gasteiger partial charge in [0.25, 0.3) is 5.91 Å². The molecule has 1 saturated heterocycles.